The molecular formula is C16H18N4O. The third kappa shape index (κ3) is 3.20. The molecule has 3 aromatic rings. The number of rotatable bonds is 5. The topological polar surface area (TPSA) is 54.0 Å². The van der Waals surface area contributed by atoms with Crippen molar-refractivity contribution in [3.63, 3.8) is 0 Å². The van der Waals surface area contributed by atoms with Gasteiger partial charge < -0.3 is 14.6 Å². The van der Waals surface area contributed by atoms with Crippen molar-refractivity contribution in [3.8, 4) is 17.1 Å². The summed E-state index contributed by atoms with van der Waals surface area (Å²) in [5.74, 6) is 1.69. The number of fused-ring (bicyclic) bond motifs is 1. The molecule has 5 heteroatoms. The number of aromatic amines is 1. The van der Waals surface area contributed by atoms with Crippen molar-refractivity contribution in [3.05, 3.63) is 42.6 Å². The van der Waals surface area contributed by atoms with Gasteiger partial charge in [-0.3, -0.25) is 0 Å². The maximum absolute atomic E-state index is 5.68. The molecule has 1 aromatic carbocycles. The number of hydrogen-bond donors (Lipinski definition) is 1. The molecule has 0 aliphatic rings. The zero-order chi connectivity index (χ0) is 14.7. The predicted octanol–water partition coefficient (Wildman–Crippen LogP) is 2.57. The van der Waals surface area contributed by atoms with Gasteiger partial charge in [0.15, 0.2) is 5.65 Å². The van der Waals surface area contributed by atoms with Crippen LogP contribution in [0.5, 0.6) is 5.75 Å². The van der Waals surface area contributed by atoms with Crippen LogP contribution in [0.2, 0.25) is 0 Å². The Bertz CT molecular complexity index is 685. The van der Waals surface area contributed by atoms with Gasteiger partial charge in [-0.05, 0) is 50.5 Å². The van der Waals surface area contributed by atoms with Crippen molar-refractivity contribution in [2.75, 3.05) is 27.2 Å². The average molecular weight is 282 g/mol. The second kappa shape index (κ2) is 5.93. The number of nitrogens with zero attached hydrogens (tertiary/aromatic N) is 3. The highest BCUT2D eigenvalue weighted by molar-refractivity contribution is 5.75. The largest absolute Gasteiger partial charge is 0.492 e. The van der Waals surface area contributed by atoms with E-state index in [1.807, 2.05) is 50.5 Å². The molecule has 5 nitrogen and oxygen atoms in total. The molecule has 0 atom stereocenters. The second-order valence-electron chi connectivity index (χ2n) is 5.14. The van der Waals surface area contributed by atoms with Crippen molar-refractivity contribution >= 4 is 11.2 Å². The zero-order valence-corrected chi connectivity index (χ0v) is 12.2. The lowest BCUT2D eigenvalue weighted by Crippen LogP contribution is -2.19. The molecule has 21 heavy (non-hydrogen) atoms. The smallest absolute Gasteiger partial charge is 0.178 e. The molecule has 0 radical (unpaired) electrons. The van der Waals surface area contributed by atoms with Crippen LogP contribution in [-0.4, -0.2) is 47.1 Å². The van der Waals surface area contributed by atoms with E-state index in [1.54, 1.807) is 6.20 Å². The standard InChI is InChI=1S/C16H18N4O/c1-20(2)10-11-21-13-7-5-12(6-8-13)15-18-14-4-3-9-17-16(14)19-15/h3-9H,10-11H2,1-2H3,(H,17,18,19). The van der Waals surface area contributed by atoms with Gasteiger partial charge >= 0.3 is 0 Å². The molecule has 0 saturated carbocycles. The maximum atomic E-state index is 5.68. The molecule has 2 heterocycles. The van der Waals surface area contributed by atoms with Gasteiger partial charge in [0, 0.05) is 18.3 Å². The van der Waals surface area contributed by atoms with E-state index in [0.717, 1.165) is 34.8 Å². The highest BCUT2D eigenvalue weighted by Gasteiger charge is 2.05. The predicted molar refractivity (Wildman–Crippen MR) is 83.4 cm³/mol. The fourth-order valence-electron chi connectivity index (χ4n) is 2.04. The van der Waals surface area contributed by atoms with E-state index in [1.165, 1.54) is 0 Å². The fourth-order valence-corrected chi connectivity index (χ4v) is 2.04. The maximum Gasteiger partial charge on any atom is 0.178 e. The summed E-state index contributed by atoms with van der Waals surface area (Å²) in [4.78, 5) is 14.1. The first-order valence-corrected chi connectivity index (χ1v) is 6.91. The summed E-state index contributed by atoms with van der Waals surface area (Å²) in [6.07, 6.45) is 1.74. The van der Waals surface area contributed by atoms with Crippen LogP contribution in [0.3, 0.4) is 0 Å². The van der Waals surface area contributed by atoms with E-state index in [-0.39, 0.29) is 0 Å². The number of pyridine rings is 1. The number of nitrogens with one attached hydrogen (secondary N) is 1. The average Bonchev–Trinajstić information content (AvgIpc) is 2.91. The number of aromatic nitrogens is 3. The molecule has 0 spiro atoms. The Morgan fingerprint density at radius 1 is 1.14 bits per heavy atom. The minimum Gasteiger partial charge on any atom is -0.492 e. The highest BCUT2D eigenvalue weighted by atomic mass is 16.5. The van der Waals surface area contributed by atoms with Gasteiger partial charge in [-0.15, -0.1) is 0 Å². The van der Waals surface area contributed by atoms with Gasteiger partial charge in [-0.25, -0.2) is 9.97 Å². The number of imidazole rings is 1. The van der Waals surface area contributed by atoms with E-state index < -0.39 is 0 Å². The summed E-state index contributed by atoms with van der Waals surface area (Å²) in [5.41, 5.74) is 2.70. The molecule has 0 amide bonds. The van der Waals surface area contributed by atoms with Crippen molar-refractivity contribution < 1.29 is 4.74 Å². The van der Waals surface area contributed by atoms with Crippen LogP contribution in [-0.2, 0) is 0 Å². The van der Waals surface area contributed by atoms with Gasteiger partial charge in [0.2, 0.25) is 0 Å². The Labute approximate surface area is 123 Å². The third-order valence-corrected chi connectivity index (χ3v) is 3.19. The van der Waals surface area contributed by atoms with E-state index in [0.29, 0.717) is 6.61 Å². The second-order valence-corrected chi connectivity index (χ2v) is 5.14. The number of ether oxygens (including phenoxy) is 1. The Kier molecular flexibility index (Phi) is 3.83. The molecule has 0 saturated heterocycles. The van der Waals surface area contributed by atoms with Crippen LogP contribution in [0.1, 0.15) is 0 Å². The van der Waals surface area contributed by atoms with Crippen molar-refractivity contribution in [2.45, 2.75) is 0 Å². The van der Waals surface area contributed by atoms with Crippen LogP contribution < -0.4 is 4.74 Å². The number of likely N-dealkylation sites (N-methyl/N-ethyl adjacent to an activating group) is 1. The molecule has 0 bridgehead atoms. The molecule has 3 rings (SSSR count). The van der Waals surface area contributed by atoms with Crippen LogP contribution in [0.15, 0.2) is 42.6 Å². The SMILES string of the molecule is CN(C)CCOc1ccc(-c2nc3ncccc3[nH]2)cc1. The van der Waals surface area contributed by atoms with Gasteiger partial charge in [0.25, 0.3) is 0 Å². The molecule has 2 aromatic heterocycles. The summed E-state index contributed by atoms with van der Waals surface area (Å²) >= 11 is 0. The minimum absolute atomic E-state index is 0.681. The molecular weight excluding hydrogens is 264 g/mol. The molecule has 1 N–H and O–H groups in total. The Hall–Kier alpha value is -2.40. The van der Waals surface area contributed by atoms with E-state index >= 15 is 0 Å². The summed E-state index contributed by atoms with van der Waals surface area (Å²) in [6, 6.07) is 11.8. The first-order valence-electron chi connectivity index (χ1n) is 6.91. The highest BCUT2D eigenvalue weighted by Crippen LogP contribution is 2.21. The summed E-state index contributed by atoms with van der Waals surface area (Å²) in [5, 5.41) is 0. The third-order valence-electron chi connectivity index (χ3n) is 3.19. The lowest BCUT2D eigenvalue weighted by atomic mass is 10.2. The van der Waals surface area contributed by atoms with Crippen molar-refractivity contribution in [1.82, 2.24) is 19.9 Å². The minimum atomic E-state index is 0.681. The van der Waals surface area contributed by atoms with Gasteiger partial charge in [-0.2, -0.15) is 0 Å². The monoisotopic (exact) mass is 282 g/mol. The number of benzene rings is 1. The van der Waals surface area contributed by atoms with E-state index in [9.17, 15) is 0 Å². The quantitative estimate of drug-likeness (QED) is 0.781. The van der Waals surface area contributed by atoms with Gasteiger partial charge in [0.05, 0.1) is 5.52 Å². The molecule has 0 aliphatic heterocycles. The van der Waals surface area contributed by atoms with Crippen LogP contribution >= 0.6 is 0 Å². The number of H-pyrrole nitrogens is 1. The summed E-state index contributed by atoms with van der Waals surface area (Å²) in [6.45, 7) is 1.58. The number of hydrogen-bond acceptors (Lipinski definition) is 4. The van der Waals surface area contributed by atoms with E-state index in [2.05, 4.69) is 19.9 Å². The van der Waals surface area contributed by atoms with Crippen LogP contribution in [0, 0.1) is 0 Å². The van der Waals surface area contributed by atoms with Gasteiger partial charge in [-0.1, -0.05) is 0 Å². The van der Waals surface area contributed by atoms with Gasteiger partial charge in [0.1, 0.15) is 18.2 Å². The van der Waals surface area contributed by atoms with E-state index in [4.69, 9.17) is 4.74 Å². The normalized spacial score (nSPS) is 11.2. The summed E-state index contributed by atoms with van der Waals surface area (Å²) < 4.78 is 5.68. The Balaban J connectivity index is 1.74. The molecule has 108 valence electrons. The Morgan fingerprint density at radius 2 is 1.95 bits per heavy atom. The van der Waals surface area contributed by atoms with Crippen LogP contribution in [0.4, 0.5) is 0 Å². The van der Waals surface area contributed by atoms with Crippen LogP contribution in [0.25, 0.3) is 22.6 Å². The first-order chi connectivity index (χ1) is 10.2. The molecule has 0 aliphatic carbocycles. The lowest BCUT2D eigenvalue weighted by molar-refractivity contribution is 0.261. The van der Waals surface area contributed by atoms with Crippen molar-refractivity contribution in [1.29, 1.82) is 0 Å². The fraction of sp³-hybridized carbons (Fsp3) is 0.250. The molecule has 0 unspecified atom stereocenters. The first kappa shape index (κ1) is 13.6. The Morgan fingerprint density at radius 3 is 2.67 bits per heavy atom. The van der Waals surface area contributed by atoms with Crippen molar-refractivity contribution in [2.24, 2.45) is 0 Å². The lowest BCUT2D eigenvalue weighted by Gasteiger charge is -2.11. The summed E-state index contributed by atoms with van der Waals surface area (Å²) in [7, 11) is 4.06. The zero-order valence-electron chi connectivity index (χ0n) is 12.2. The molecule has 0 fully saturated rings.